The number of carbonyl (C=O) groups is 2. The van der Waals surface area contributed by atoms with Crippen LogP contribution in [0.25, 0.3) is 0 Å². The lowest BCUT2D eigenvalue weighted by atomic mass is 10.1. The standard InChI is InChI=1S/C13H21N5O2.CH2O2/c1-3-11-14-12(16-15-11)6-18-4-9-7-20-8-10(5-18)17(2)13(9)19;2-1-3/h9-10H,3-8H2,1-2H3,(H,14,15,16);1H,(H,2,3)/t9-,10+;/m1./s1. The Labute approximate surface area is 134 Å². The third-order valence-corrected chi connectivity index (χ3v) is 4.09. The highest BCUT2D eigenvalue weighted by molar-refractivity contribution is 5.79. The molecule has 2 bridgehead atoms. The minimum absolute atomic E-state index is 0.0685. The molecular formula is C14H23N5O4. The van der Waals surface area contributed by atoms with Crippen LogP contribution < -0.4 is 0 Å². The Hall–Kier alpha value is -2.00. The number of hydrogen-bond acceptors (Lipinski definition) is 6. The summed E-state index contributed by atoms with van der Waals surface area (Å²) in [7, 11) is 1.88. The maximum atomic E-state index is 12.3. The summed E-state index contributed by atoms with van der Waals surface area (Å²) in [5.41, 5.74) is 0. The summed E-state index contributed by atoms with van der Waals surface area (Å²) in [5, 5.41) is 14.0. The molecule has 3 heterocycles. The lowest BCUT2D eigenvalue weighted by Gasteiger charge is -2.28. The Morgan fingerprint density at radius 3 is 2.83 bits per heavy atom. The number of H-pyrrole nitrogens is 1. The fourth-order valence-corrected chi connectivity index (χ4v) is 2.89. The van der Waals surface area contributed by atoms with E-state index in [9.17, 15) is 4.79 Å². The van der Waals surface area contributed by atoms with Crippen LogP contribution >= 0.6 is 0 Å². The van der Waals surface area contributed by atoms with E-state index in [-0.39, 0.29) is 24.3 Å². The number of amides is 1. The maximum absolute atomic E-state index is 12.3. The van der Waals surface area contributed by atoms with Gasteiger partial charge in [0.15, 0.2) is 0 Å². The van der Waals surface area contributed by atoms with E-state index in [2.05, 4.69) is 20.1 Å². The average molecular weight is 325 g/mol. The van der Waals surface area contributed by atoms with Crippen molar-refractivity contribution in [3.8, 4) is 0 Å². The molecule has 0 unspecified atom stereocenters. The summed E-state index contributed by atoms with van der Waals surface area (Å²) >= 11 is 0. The van der Waals surface area contributed by atoms with Crippen LogP contribution in [0.5, 0.6) is 0 Å². The molecule has 23 heavy (non-hydrogen) atoms. The van der Waals surface area contributed by atoms with Crippen LogP contribution in [0, 0.1) is 5.92 Å². The smallest absolute Gasteiger partial charge is 0.290 e. The normalized spacial score (nSPS) is 24.6. The maximum Gasteiger partial charge on any atom is 0.290 e. The molecule has 1 aromatic heterocycles. The van der Waals surface area contributed by atoms with Crippen LogP contribution in [0.4, 0.5) is 0 Å². The molecular weight excluding hydrogens is 302 g/mol. The van der Waals surface area contributed by atoms with E-state index in [1.54, 1.807) is 0 Å². The summed E-state index contributed by atoms with van der Waals surface area (Å²) in [6.45, 7) is 5.18. The fraction of sp³-hybridized carbons (Fsp3) is 0.714. The number of aryl methyl sites for hydroxylation is 1. The van der Waals surface area contributed by atoms with Crippen LogP contribution in [0.1, 0.15) is 18.6 Å². The number of rotatable bonds is 3. The highest BCUT2D eigenvalue weighted by Gasteiger charge is 2.37. The lowest BCUT2D eigenvalue weighted by Crippen LogP contribution is -2.43. The van der Waals surface area contributed by atoms with Gasteiger partial charge in [0, 0.05) is 26.6 Å². The molecule has 2 atom stereocenters. The molecule has 0 aromatic carbocycles. The van der Waals surface area contributed by atoms with Gasteiger partial charge in [-0.3, -0.25) is 19.6 Å². The number of ether oxygens (including phenoxy) is 1. The first-order valence-corrected chi connectivity index (χ1v) is 7.63. The van der Waals surface area contributed by atoms with Gasteiger partial charge in [0.2, 0.25) is 5.91 Å². The van der Waals surface area contributed by atoms with E-state index in [0.29, 0.717) is 19.8 Å². The van der Waals surface area contributed by atoms with Gasteiger partial charge < -0.3 is 14.7 Å². The number of carboxylic acid groups (broad SMARTS) is 1. The Morgan fingerprint density at radius 1 is 1.43 bits per heavy atom. The number of carbonyl (C=O) groups excluding carboxylic acids is 1. The molecule has 2 aliphatic rings. The first kappa shape index (κ1) is 17.4. The first-order valence-electron chi connectivity index (χ1n) is 7.63. The van der Waals surface area contributed by atoms with Crippen molar-refractivity contribution >= 4 is 12.4 Å². The zero-order valence-corrected chi connectivity index (χ0v) is 13.4. The molecule has 0 aliphatic carbocycles. The van der Waals surface area contributed by atoms with Gasteiger partial charge in [-0.25, -0.2) is 4.98 Å². The SMILES string of the molecule is CCc1n[nH]c(CN2C[C@@H]3COC[C@H](C2)N(C)C3=O)n1.O=CO. The van der Waals surface area contributed by atoms with Crippen LogP contribution in [-0.4, -0.2) is 81.9 Å². The van der Waals surface area contributed by atoms with E-state index in [1.165, 1.54) is 0 Å². The Balaban J connectivity index is 0.000000595. The van der Waals surface area contributed by atoms with Crippen LogP contribution in [0.15, 0.2) is 0 Å². The molecule has 1 aromatic rings. The third-order valence-electron chi connectivity index (χ3n) is 4.09. The second kappa shape index (κ2) is 8.02. The molecule has 2 fully saturated rings. The van der Waals surface area contributed by atoms with Gasteiger partial charge >= 0.3 is 0 Å². The van der Waals surface area contributed by atoms with Gasteiger partial charge in [-0.1, -0.05) is 6.92 Å². The molecule has 3 rings (SSSR count). The van der Waals surface area contributed by atoms with Gasteiger partial charge in [0.1, 0.15) is 11.6 Å². The van der Waals surface area contributed by atoms with E-state index >= 15 is 0 Å². The molecule has 2 N–H and O–H groups in total. The molecule has 0 spiro atoms. The number of aromatic nitrogens is 3. The van der Waals surface area contributed by atoms with Crippen molar-refractivity contribution in [3.05, 3.63) is 11.6 Å². The van der Waals surface area contributed by atoms with Gasteiger partial charge in [-0.15, -0.1) is 0 Å². The van der Waals surface area contributed by atoms with Gasteiger partial charge in [-0.2, -0.15) is 5.10 Å². The van der Waals surface area contributed by atoms with E-state index in [1.807, 2.05) is 18.9 Å². The van der Waals surface area contributed by atoms with Crippen molar-refractivity contribution in [1.82, 2.24) is 25.0 Å². The Kier molecular flexibility index (Phi) is 6.05. The average Bonchev–Trinajstić information content (AvgIpc) is 2.88. The molecule has 2 aliphatic heterocycles. The number of fused-ring (bicyclic) bond motifs is 3. The first-order chi connectivity index (χ1) is 11.1. The molecule has 9 heteroatoms. The highest BCUT2D eigenvalue weighted by atomic mass is 16.5. The van der Waals surface area contributed by atoms with E-state index < -0.39 is 0 Å². The predicted molar refractivity (Wildman–Crippen MR) is 80.6 cm³/mol. The molecule has 0 saturated carbocycles. The summed E-state index contributed by atoms with van der Waals surface area (Å²) in [6, 6.07) is 0.128. The summed E-state index contributed by atoms with van der Waals surface area (Å²) < 4.78 is 5.60. The molecule has 2 saturated heterocycles. The number of aromatic amines is 1. The third kappa shape index (κ3) is 4.26. The second-order valence-corrected chi connectivity index (χ2v) is 5.69. The van der Waals surface area contributed by atoms with Crippen molar-refractivity contribution < 1.29 is 19.4 Å². The number of hydrogen-bond donors (Lipinski definition) is 2. The highest BCUT2D eigenvalue weighted by Crippen LogP contribution is 2.20. The van der Waals surface area contributed by atoms with Gasteiger partial charge in [0.25, 0.3) is 6.47 Å². The fourth-order valence-electron chi connectivity index (χ4n) is 2.89. The molecule has 1 amide bonds. The predicted octanol–water partition coefficient (Wildman–Crippen LogP) is -0.643. The van der Waals surface area contributed by atoms with Crippen molar-refractivity contribution in [1.29, 1.82) is 0 Å². The number of likely N-dealkylation sites (N-methyl/N-ethyl adjacent to an activating group) is 1. The Morgan fingerprint density at radius 2 is 2.17 bits per heavy atom. The van der Waals surface area contributed by atoms with E-state index in [4.69, 9.17) is 14.6 Å². The zero-order chi connectivity index (χ0) is 16.8. The summed E-state index contributed by atoms with van der Waals surface area (Å²) in [6.07, 6.45) is 0.830. The van der Waals surface area contributed by atoms with E-state index in [0.717, 1.165) is 31.2 Å². The van der Waals surface area contributed by atoms with Gasteiger partial charge in [-0.05, 0) is 0 Å². The van der Waals surface area contributed by atoms with Crippen molar-refractivity contribution in [2.45, 2.75) is 25.9 Å². The number of nitrogens with one attached hydrogen (secondary N) is 1. The second-order valence-electron chi connectivity index (χ2n) is 5.69. The van der Waals surface area contributed by atoms with Crippen molar-refractivity contribution in [2.75, 3.05) is 33.4 Å². The van der Waals surface area contributed by atoms with Crippen LogP contribution in [0.2, 0.25) is 0 Å². The quantitative estimate of drug-likeness (QED) is 0.711. The largest absolute Gasteiger partial charge is 0.483 e. The lowest BCUT2D eigenvalue weighted by molar-refractivity contribution is -0.134. The van der Waals surface area contributed by atoms with Crippen molar-refractivity contribution in [3.63, 3.8) is 0 Å². The summed E-state index contributed by atoms with van der Waals surface area (Å²) in [4.78, 5) is 29.2. The minimum Gasteiger partial charge on any atom is -0.483 e. The number of nitrogens with zero attached hydrogens (tertiary/aromatic N) is 4. The summed E-state index contributed by atoms with van der Waals surface area (Å²) in [5.74, 6) is 1.84. The topological polar surface area (TPSA) is 112 Å². The van der Waals surface area contributed by atoms with Crippen molar-refractivity contribution in [2.24, 2.45) is 5.92 Å². The zero-order valence-electron chi connectivity index (χ0n) is 13.4. The van der Waals surface area contributed by atoms with Crippen LogP contribution in [0.3, 0.4) is 0 Å². The monoisotopic (exact) mass is 325 g/mol. The minimum atomic E-state index is -0.250. The Bertz CT molecular complexity index is 535. The molecule has 128 valence electrons. The van der Waals surface area contributed by atoms with Crippen LogP contribution in [-0.2, 0) is 27.3 Å². The van der Waals surface area contributed by atoms with Gasteiger partial charge in [0.05, 0.1) is 31.7 Å². The molecule has 9 nitrogen and oxygen atoms in total. The molecule has 0 radical (unpaired) electrons.